The van der Waals surface area contributed by atoms with Crippen LogP contribution in [-0.4, -0.2) is 48.5 Å². The third-order valence-corrected chi connectivity index (χ3v) is 7.51. The Morgan fingerprint density at radius 1 is 1.10 bits per heavy atom. The fourth-order valence-electron chi connectivity index (χ4n) is 3.39. The molecule has 1 aliphatic rings. The molecule has 1 fully saturated rings. The zero-order valence-corrected chi connectivity index (χ0v) is 17.6. The molecular formula is C20H20N4O4S2. The lowest BCUT2D eigenvalue weighted by Gasteiger charge is -2.32. The van der Waals surface area contributed by atoms with Crippen LogP contribution in [0.1, 0.15) is 12.8 Å². The van der Waals surface area contributed by atoms with E-state index in [1.54, 1.807) is 48.0 Å². The van der Waals surface area contributed by atoms with E-state index < -0.39 is 27.1 Å². The SMILES string of the molecule is O=C(Nc1ccc2scnc2c1)C(=O)N1CCCC(S(=O)(=O)Nc2ccccc2)C1. The lowest BCUT2D eigenvalue weighted by atomic mass is 10.1. The number of para-hydroxylation sites is 1. The summed E-state index contributed by atoms with van der Waals surface area (Å²) in [7, 11) is -3.69. The molecule has 156 valence electrons. The highest BCUT2D eigenvalue weighted by atomic mass is 32.2. The van der Waals surface area contributed by atoms with Crippen LogP contribution in [0.5, 0.6) is 0 Å². The number of anilines is 2. The quantitative estimate of drug-likeness (QED) is 0.602. The molecule has 1 aliphatic heterocycles. The fraction of sp³-hybridized carbons (Fsp3) is 0.250. The first-order chi connectivity index (χ1) is 14.4. The highest BCUT2D eigenvalue weighted by Crippen LogP contribution is 2.23. The van der Waals surface area contributed by atoms with Crippen LogP contribution in [0.25, 0.3) is 10.2 Å². The van der Waals surface area contributed by atoms with E-state index in [0.717, 1.165) is 10.2 Å². The molecule has 0 saturated carbocycles. The summed E-state index contributed by atoms with van der Waals surface area (Å²) in [5, 5.41) is 1.80. The first-order valence-corrected chi connectivity index (χ1v) is 11.9. The van der Waals surface area contributed by atoms with Crippen LogP contribution >= 0.6 is 11.3 Å². The van der Waals surface area contributed by atoms with Crippen LogP contribution in [0.3, 0.4) is 0 Å². The number of nitrogens with zero attached hydrogens (tertiary/aromatic N) is 2. The molecule has 0 spiro atoms. The standard InChI is InChI=1S/C20H20N4O4S2/c25-19(22-15-8-9-18-17(11-15)21-13-29-18)20(26)24-10-4-7-16(12-24)30(27,28)23-14-5-2-1-3-6-14/h1-3,5-6,8-9,11,13,16,23H,4,7,10,12H2,(H,22,25). The van der Waals surface area contributed by atoms with Crippen LogP contribution in [-0.2, 0) is 19.6 Å². The molecule has 10 heteroatoms. The van der Waals surface area contributed by atoms with Gasteiger partial charge < -0.3 is 10.2 Å². The molecule has 1 unspecified atom stereocenters. The van der Waals surface area contributed by atoms with E-state index in [-0.39, 0.29) is 6.54 Å². The molecule has 1 atom stereocenters. The molecule has 4 rings (SSSR count). The summed E-state index contributed by atoms with van der Waals surface area (Å²) in [5.41, 5.74) is 3.38. The Morgan fingerprint density at radius 3 is 2.70 bits per heavy atom. The summed E-state index contributed by atoms with van der Waals surface area (Å²) >= 11 is 1.49. The van der Waals surface area contributed by atoms with Gasteiger partial charge in [-0.3, -0.25) is 14.3 Å². The van der Waals surface area contributed by atoms with E-state index in [4.69, 9.17) is 0 Å². The Labute approximate surface area is 178 Å². The predicted octanol–water partition coefficient (Wildman–Crippen LogP) is 2.67. The van der Waals surface area contributed by atoms with Gasteiger partial charge in [0.05, 0.1) is 21.0 Å². The number of amides is 2. The molecule has 2 aromatic carbocycles. The van der Waals surface area contributed by atoms with E-state index in [9.17, 15) is 18.0 Å². The molecule has 8 nitrogen and oxygen atoms in total. The highest BCUT2D eigenvalue weighted by molar-refractivity contribution is 7.93. The van der Waals surface area contributed by atoms with Crippen LogP contribution < -0.4 is 10.0 Å². The summed E-state index contributed by atoms with van der Waals surface area (Å²) in [5.74, 6) is -1.54. The predicted molar refractivity (Wildman–Crippen MR) is 117 cm³/mol. The van der Waals surface area contributed by atoms with Crippen molar-refractivity contribution in [3.8, 4) is 0 Å². The second kappa shape index (κ2) is 8.41. The highest BCUT2D eigenvalue weighted by Gasteiger charge is 2.34. The first kappa shape index (κ1) is 20.3. The summed E-state index contributed by atoms with van der Waals surface area (Å²) in [4.78, 5) is 30.6. The monoisotopic (exact) mass is 444 g/mol. The van der Waals surface area contributed by atoms with Crippen molar-refractivity contribution in [2.75, 3.05) is 23.1 Å². The number of likely N-dealkylation sites (tertiary alicyclic amines) is 1. The number of hydrogen-bond acceptors (Lipinski definition) is 6. The Hall–Kier alpha value is -2.98. The number of hydrogen-bond donors (Lipinski definition) is 2. The van der Waals surface area contributed by atoms with Crippen molar-refractivity contribution < 1.29 is 18.0 Å². The lowest BCUT2D eigenvalue weighted by Crippen LogP contribution is -2.49. The van der Waals surface area contributed by atoms with Crippen molar-refractivity contribution in [2.24, 2.45) is 0 Å². The third-order valence-electron chi connectivity index (χ3n) is 4.92. The Balaban J connectivity index is 1.41. The van der Waals surface area contributed by atoms with Crippen molar-refractivity contribution in [3.63, 3.8) is 0 Å². The second-order valence-electron chi connectivity index (χ2n) is 7.02. The molecule has 0 radical (unpaired) electrons. The number of thiazole rings is 1. The van der Waals surface area contributed by atoms with Gasteiger partial charge in [0, 0.05) is 24.5 Å². The zero-order valence-electron chi connectivity index (χ0n) is 15.9. The summed E-state index contributed by atoms with van der Waals surface area (Å²) in [6.45, 7) is 0.314. The number of carbonyl (C=O) groups is 2. The Kier molecular flexibility index (Phi) is 5.69. The lowest BCUT2D eigenvalue weighted by molar-refractivity contribution is -0.143. The number of piperidine rings is 1. The van der Waals surface area contributed by atoms with E-state index >= 15 is 0 Å². The summed E-state index contributed by atoms with van der Waals surface area (Å²) in [6, 6.07) is 13.8. The van der Waals surface area contributed by atoms with E-state index in [1.165, 1.54) is 16.2 Å². The number of rotatable bonds is 4. The van der Waals surface area contributed by atoms with Gasteiger partial charge >= 0.3 is 11.8 Å². The molecule has 30 heavy (non-hydrogen) atoms. The minimum absolute atomic E-state index is 0.0282. The smallest absolute Gasteiger partial charge is 0.313 e. The number of aromatic nitrogens is 1. The molecule has 0 aliphatic carbocycles. The minimum Gasteiger partial charge on any atom is -0.333 e. The molecule has 1 saturated heterocycles. The van der Waals surface area contributed by atoms with E-state index in [1.807, 2.05) is 6.07 Å². The number of nitrogens with one attached hydrogen (secondary N) is 2. The van der Waals surface area contributed by atoms with Crippen LogP contribution in [0.15, 0.2) is 54.0 Å². The maximum absolute atomic E-state index is 12.7. The molecule has 2 N–H and O–H groups in total. The van der Waals surface area contributed by atoms with Gasteiger partial charge in [0.15, 0.2) is 0 Å². The normalized spacial score (nSPS) is 16.9. The van der Waals surface area contributed by atoms with Crippen molar-refractivity contribution in [3.05, 3.63) is 54.0 Å². The average Bonchev–Trinajstić information content (AvgIpc) is 3.21. The van der Waals surface area contributed by atoms with Crippen molar-refractivity contribution in [1.29, 1.82) is 0 Å². The van der Waals surface area contributed by atoms with Gasteiger partial charge in [-0.15, -0.1) is 11.3 Å². The topological polar surface area (TPSA) is 108 Å². The molecule has 3 aromatic rings. The van der Waals surface area contributed by atoms with Crippen molar-refractivity contribution >= 4 is 54.8 Å². The summed E-state index contributed by atoms with van der Waals surface area (Å²) in [6.07, 6.45) is 0.929. The molecule has 2 amide bonds. The first-order valence-electron chi connectivity index (χ1n) is 9.42. The number of carbonyl (C=O) groups excluding carboxylic acids is 2. The molecule has 2 heterocycles. The van der Waals surface area contributed by atoms with Crippen LogP contribution in [0, 0.1) is 0 Å². The van der Waals surface area contributed by atoms with Gasteiger partial charge in [-0.25, -0.2) is 13.4 Å². The van der Waals surface area contributed by atoms with E-state index in [0.29, 0.717) is 30.8 Å². The van der Waals surface area contributed by atoms with Crippen LogP contribution in [0.4, 0.5) is 11.4 Å². The Bertz CT molecular complexity index is 1180. The van der Waals surface area contributed by atoms with Gasteiger partial charge in [0.2, 0.25) is 10.0 Å². The van der Waals surface area contributed by atoms with Gasteiger partial charge in [0.25, 0.3) is 0 Å². The maximum Gasteiger partial charge on any atom is 0.313 e. The average molecular weight is 445 g/mol. The third kappa shape index (κ3) is 4.44. The second-order valence-corrected chi connectivity index (χ2v) is 9.86. The number of sulfonamides is 1. The van der Waals surface area contributed by atoms with Gasteiger partial charge in [0.1, 0.15) is 0 Å². The Morgan fingerprint density at radius 2 is 1.90 bits per heavy atom. The summed E-state index contributed by atoms with van der Waals surface area (Å²) < 4.78 is 29.0. The molecule has 0 bridgehead atoms. The van der Waals surface area contributed by atoms with Gasteiger partial charge in [-0.2, -0.15) is 0 Å². The van der Waals surface area contributed by atoms with Crippen molar-refractivity contribution in [2.45, 2.75) is 18.1 Å². The van der Waals surface area contributed by atoms with Crippen molar-refractivity contribution in [1.82, 2.24) is 9.88 Å². The van der Waals surface area contributed by atoms with Gasteiger partial charge in [-0.1, -0.05) is 18.2 Å². The largest absolute Gasteiger partial charge is 0.333 e. The molecule has 1 aromatic heterocycles. The maximum atomic E-state index is 12.7. The zero-order chi connectivity index (χ0) is 21.1. The number of fused-ring (bicyclic) bond motifs is 1. The number of benzene rings is 2. The molecular weight excluding hydrogens is 424 g/mol. The minimum atomic E-state index is -3.69. The van der Waals surface area contributed by atoms with Crippen LogP contribution in [0.2, 0.25) is 0 Å². The van der Waals surface area contributed by atoms with Gasteiger partial charge in [-0.05, 0) is 43.2 Å². The fourth-order valence-corrected chi connectivity index (χ4v) is 5.54. The van der Waals surface area contributed by atoms with E-state index in [2.05, 4.69) is 15.0 Å².